The summed E-state index contributed by atoms with van der Waals surface area (Å²) in [5.74, 6) is 1.02. The summed E-state index contributed by atoms with van der Waals surface area (Å²) < 4.78 is 3.74. The molecule has 4 aliphatic carbocycles. The van der Waals surface area contributed by atoms with E-state index in [1.54, 1.807) is 28.2 Å². The molecule has 7 aromatic rings. The third kappa shape index (κ3) is 8.29. The summed E-state index contributed by atoms with van der Waals surface area (Å²) >= 11 is 12.9. The highest BCUT2D eigenvalue weighted by atomic mass is 35.5. The van der Waals surface area contributed by atoms with Crippen molar-refractivity contribution in [2.45, 2.75) is 151 Å². The summed E-state index contributed by atoms with van der Waals surface area (Å²) in [5.41, 5.74) is 2.74. The van der Waals surface area contributed by atoms with Crippen molar-refractivity contribution in [1.82, 2.24) is 69.0 Å². The van der Waals surface area contributed by atoms with Gasteiger partial charge >= 0.3 is 0 Å². The molecule has 11 rings (SSSR count). The lowest BCUT2D eigenvalue weighted by Crippen LogP contribution is -2.43. The van der Waals surface area contributed by atoms with E-state index in [4.69, 9.17) is 28.2 Å². The average Bonchev–Trinajstić information content (AvgIpc) is 4.22. The highest BCUT2D eigenvalue weighted by Gasteiger charge is 2.45. The molecule has 0 radical (unpaired) electrons. The fourth-order valence-electron chi connectivity index (χ4n) is 10.7. The zero-order valence-electron chi connectivity index (χ0n) is 36.6. The summed E-state index contributed by atoms with van der Waals surface area (Å²) in [7, 11) is 0. The van der Waals surface area contributed by atoms with E-state index >= 15 is 0 Å². The molecule has 4 saturated carbocycles. The van der Waals surface area contributed by atoms with Crippen molar-refractivity contribution in [2.75, 3.05) is 21.3 Å². The van der Waals surface area contributed by atoms with Crippen LogP contribution in [0.3, 0.4) is 0 Å². The number of aliphatic hydroxyl groups excluding tert-OH is 4. The van der Waals surface area contributed by atoms with Gasteiger partial charge in [-0.2, -0.15) is 49.9 Å². The van der Waals surface area contributed by atoms with E-state index in [1.807, 2.05) is 0 Å². The molecular weight excluding hydrogens is 923 g/mol. The number of anilines is 4. The van der Waals surface area contributed by atoms with Crippen molar-refractivity contribution in [2.24, 2.45) is 0 Å². The van der Waals surface area contributed by atoms with Crippen molar-refractivity contribution < 1.29 is 20.4 Å². The van der Waals surface area contributed by atoms with Crippen molar-refractivity contribution >= 4 is 68.5 Å². The molecule has 4 aliphatic rings. The van der Waals surface area contributed by atoms with Crippen LogP contribution >= 0.6 is 23.2 Å². The SMILES string of the molecule is O=c1c(N[C@H]2CC[C@H](Nc3nc(Cl)nc4c3ncn4[C@H]3CC[C@@H](n4ncc(CO)n4)C3)CC2)c(N[C@H]2CC[C@H](Nc3nc(Cl)nc4c3ncn4[C@@H]3C[C@H](n4ncc(CO)n4)[C@@H](O)[C@H]3O)CC2)c1=O. The molecule has 8 N–H and O–H groups in total. The monoisotopic (exact) mass is 972 g/mol. The Labute approximate surface area is 396 Å². The number of fused-ring (bicyclic) bond motifs is 2. The van der Waals surface area contributed by atoms with Gasteiger partial charge < -0.3 is 50.8 Å². The Morgan fingerprint density at radius 1 is 0.559 bits per heavy atom. The van der Waals surface area contributed by atoms with Gasteiger partial charge in [0.25, 0.3) is 10.9 Å². The normalized spacial score (nSPS) is 27.7. The second kappa shape index (κ2) is 18.2. The molecule has 0 amide bonds. The van der Waals surface area contributed by atoms with Crippen LogP contribution in [0.2, 0.25) is 10.6 Å². The first-order chi connectivity index (χ1) is 33.0. The standard InChI is InChI=1S/C42H50Cl2N18O6/c43-41-53-37(31-39(55-41)59(17-45-31)25-9-10-26(11-25)61-47-13-23(15-63)57-61)51-21-5-1-19(2-6-21)49-29-30(36(68)35(29)67)50-20-3-7-22(8-4-20)52-38-32-40(56-42(44)54-38)60(18-46-32)27-12-28(34(66)33(27)65)62-48-14-24(16-64)58-62/h13-14,17-22,25-28,33-34,49-50,63-66H,1-12,15-16H2,(H,51,53,55)(H,52,54,56)/t19-,20-,21-,22-,25-,26+,27+,28-,33-,34+/m0/s1. The molecule has 1 aromatic carbocycles. The van der Waals surface area contributed by atoms with Crippen molar-refractivity contribution in [3.8, 4) is 0 Å². The van der Waals surface area contributed by atoms with Gasteiger partial charge in [0.1, 0.15) is 41.0 Å². The summed E-state index contributed by atoms with van der Waals surface area (Å²) in [6, 6.07) is -0.938. The first kappa shape index (κ1) is 44.6. The Morgan fingerprint density at radius 2 is 1.01 bits per heavy atom. The van der Waals surface area contributed by atoms with E-state index in [-0.39, 0.29) is 66.5 Å². The maximum Gasteiger partial charge on any atom is 0.253 e. The van der Waals surface area contributed by atoms with Gasteiger partial charge in [-0.05, 0) is 100 Å². The minimum Gasteiger partial charge on any atom is -0.390 e. The lowest BCUT2D eigenvalue weighted by Gasteiger charge is -2.33. The number of nitrogens with zero attached hydrogens (tertiary/aromatic N) is 14. The topological polar surface area (TPSA) is 312 Å². The molecule has 0 bridgehead atoms. The predicted molar refractivity (Wildman–Crippen MR) is 247 cm³/mol. The van der Waals surface area contributed by atoms with Gasteiger partial charge in [-0.1, -0.05) is 0 Å². The highest BCUT2D eigenvalue weighted by Crippen LogP contribution is 2.41. The highest BCUT2D eigenvalue weighted by molar-refractivity contribution is 6.29. The van der Waals surface area contributed by atoms with Crippen LogP contribution in [0.1, 0.15) is 113 Å². The smallest absolute Gasteiger partial charge is 0.253 e. The lowest BCUT2D eigenvalue weighted by molar-refractivity contribution is 0.00491. The van der Waals surface area contributed by atoms with Crippen LogP contribution < -0.4 is 32.1 Å². The van der Waals surface area contributed by atoms with Crippen LogP contribution in [0.5, 0.6) is 0 Å². The minimum atomic E-state index is -1.18. The Hall–Kier alpha value is -5.92. The Kier molecular flexibility index (Phi) is 11.9. The van der Waals surface area contributed by atoms with Gasteiger partial charge in [-0.3, -0.25) is 9.59 Å². The maximum absolute atomic E-state index is 12.9. The molecule has 0 spiro atoms. The molecule has 0 aliphatic heterocycles. The predicted octanol–water partition coefficient (Wildman–Crippen LogP) is 2.58. The summed E-state index contributed by atoms with van der Waals surface area (Å²) in [6.45, 7) is -0.444. The maximum atomic E-state index is 12.9. The van der Waals surface area contributed by atoms with Gasteiger partial charge in [0, 0.05) is 30.2 Å². The van der Waals surface area contributed by atoms with E-state index in [2.05, 4.69) is 71.1 Å². The molecule has 0 saturated heterocycles. The number of aromatic nitrogens is 14. The quantitative estimate of drug-likeness (QED) is 0.0574. The number of halogens is 2. The Balaban J connectivity index is 0.677. The summed E-state index contributed by atoms with van der Waals surface area (Å²) in [6.07, 6.45) is 12.9. The zero-order valence-corrected chi connectivity index (χ0v) is 38.1. The summed E-state index contributed by atoms with van der Waals surface area (Å²) in [5, 5.41) is 71.9. The molecule has 68 heavy (non-hydrogen) atoms. The van der Waals surface area contributed by atoms with Crippen LogP contribution in [0.25, 0.3) is 22.3 Å². The first-order valence-corrected chi connectivity index (χ1v) is 23.9. The number of rotatable bonds is 14. The lowest BCUT2D eigenvalue weighted by atomic mass is 9.90. The fourth-order valence-corrected chi connectivity index (χ4v) is 11.0. The number of imidazole rings is 2. The van der Waals surface area contributed by atoms with Crippen LogP contribution in [0.15, 0.2) is 34.6 Å². The van der Waals surface area contributed by atoms with Gasteiger partial charge in [0.15, 0.2) is 34.0 Å². The second-order valence-electron chi connectivity index (χ2n) is 18.5. The number of hydrogen-bond acceptors (Lipinski definition) is 20. The van der Waals surface area contributed by atoms with Crippen molar-refractivity contribution in [3.05, 3.63) is 67.5 Å². The molecule has 6 heterocycles. The van der Waals surface area contributed by atoms with Crippen molar-refractivity contribution in [1.29, 1.82) is 0 Å². The Bertz CT molecular complexity index is 3020. The fraction of sp³-hybridized carbons (Fsp3) is 0.571. The third-order valence-electron chi connectivity index (χ3n) is 14.3. The van der Waals surface area contributed by atoms with Crippen LogP contribution in [0.4, 0.5) is 23.0 Å². The summed E-state index contributed by atoms with van der Waals surface area (Å²) in [4.78, 5) is 56.1. The molecular formula is C42H50Cl2N18O6. The molecule has 0 unspecified atom stereocenters. The molecule has 6 aromatic heterocycles. The van der Waals surface area contributed by atoms with E-state index in [9.17, 15) is 30.0 Å². The molecule has 6 atom stereocenters. The van der Waals surface area contributed by atoms with Gasteiger partial charge in [0.2, 0.25) is 10.6 Å². The second-order valence-corrected chi connectivity index (χ2v) is 19.2. The van der Waals surface area contributed by atoms with Gasteiger partial charge in [-0.25, -0.2) is 9.97 Å². The average molecular weight is 974 g/mol. The van der Waals surface area contributed by atoms with E-state index < -0.39 is 35.1 Å². The molecule has 358 valence electrons. The minimum absolute atomic E-state index is 0.00748. The molecule has 24 nitrogen and oxygen atoms in total. The zero-order chi connectivity index (χ0) is 46.8. The number of hydrogen-bond donors (Lipinski definition) is 8. The van der Waals surface area contributed by atoms with E-state index in [1.165, 1.54) is 11.0 Å². The largest absolute Gasteiger partial charge is 0.390 e. The van der Waals surface area contributed by atoms with Crippen LogP contribution in [0, 0.1) is 0 Å². The number of aliphatic hydroxyl groups is 4. The van der Waals surface area contributed by atoms with Gasteiger partial charge in [0.05, 0.1) is 50.3 Å². The first-order valence-electron chi connectivity index (χ1n) is 23.1. The van der Waals surface area contributed by atoms with E-state index in [0.29, 0.717) is 56.7 Å². The molecule has 26 heteroatoms. The van der Waals surface area contributed by atoms with Crippen LogP contribution in [-0.2, 0) is 13.2 Å². The van der Waals surface area contributed by atoms with Crippen LogP contribution in [-0.4, -0.2) is 126 Å². The van der Waals surface area contributed by atoms with E-state index in [0.717, 1.165) is 70.6 Å². The third-order valence-corrected chi connectivity index (χ3v) is 14.7. The molecule has 4 fully saturated rings. The Morgan fingerprint density at radius 3 is 1.54 bits per heavy atom. The number of nitrogens with one attached hydrogen (secondary N) is 4. The van der Waals surface area contributed by atoms with Crippen molar-refractivity contribution in [3.63, 3.8) is 0 Å². The van der Waals surface area contributed by atoms with Gasteiger partial charge in [-0.15, -0.1) is 0 Å².